The highest BCUT2D eigenvalue weighted by Crippen LogP contribution is 2.33. The van der Waals surface area contributed by atoms with Gasteiger partial charge >= 0.3 is 0 Å². The number of nitrogens with zero attached hydrogens (tertiary/aromatic N) is 6. The van der Waals surface area contributed by atoms with Crippen LogP contribution < -0.4 is 9.64 Å². The van der Waals surface area contributed by atoms with Crippen molar-refractivity contribution in [3.63, 3.8) is 0 Å². The minimum absolute atomic E-state index is 0.0488. The Morgan fingerprint density at radius 1 is 1.14 bits per heavy atom. The normalized spacial score (nSPS) is 18.8. The van der Waals surface area contributed by atoms with Gasteiger partial charge in [-0.05, 0) is 48.1 Å². The SMILES string of the molecule is CCCc1cnc(N2CCC(Oc3nc4ccc(C5=CCN(S(=O)(=O)CCCC(=O)N6CC(O)C6)CC5)cc4s3)CC2)nc1. The number of aliphatic hydroxyl groups is 1. The largest absolute Gasteiger partial charge is 0.467 e. The number of sulfonamides is 1. The Balaban J connectivity index is 0.995. The van der Waals surface area contributed by atoms with E-state index >= 15 is 0 Å². The molecule has 44 heavy (non-hydrogen) atoms. The third kappa shape index (κ3) is 7.22. The van der Waals surface area contributed by atoms with Gasteiger partial charge in [0.05, 0.1) is 22.1 Å². The van der Waals surface area contributed by atoms with Crippen LogP contribution in [0.3, 0.4) is 0 Å². The lowest BCUT2D eigenvalue weighted by atomic mass is 10.0. The molecule has 0 atom stereocenters. The number of piperidine rings is 1. The minimum Gasteiger partial charge on any atom is -0.467 e. The van der Waals surface area contributed by atoms with Crippen molar-refractivity contribution >= 4 is 49.0 Å². The van der Waals surface area contributed by atoms with Crippen molar-refractivity contribution in [1.82, 2.24) is 24.2 Å². The number of anilines is 1. The zero-order valence-electron chi connectivity index (χ0n) is 25.1. The van der Waals surface area contributed by atoms with E-state index in [-0.39, 0.29) is 30.6 Å². The Bertz CT molecular complexity index is 1600. The molecule has 1 N–H and O–H groups in total. The quantitative estimate of drug-likeness (QED) is 0.335. The third-order valence-electron chi connectivity index (χ3n) is 8.54. The highest BCUT2D eigenvalue weighted by atomic mass is 32.2. The molecule has 0 aliphatic carbocycles. The van der Waals surface area contributed by atoms with E-state index in [1.807, 2.05) is 30.6 Å². The number of aliphatic hydroxyl groups excluding tert-OH is 1. The number of carbonyl (C=O) groups excluding carboxylic acids is 1. The summed E-state index contributed by atoms with van der Waals surface area (Å²) in [6.07, 6.45) is 10.4. The number of aromatic nitrogens is 3. The number of aryl methyl sites for hydroxylation is 1. The van der Waals surface area contributed by atoms with Crippen LogP contribution in [0.1, 0.15) is 56.6 Å². The molecule has 0 saturated carbocycles. The van der Waals surface area contributed by atoms with Crippen molar-refractivity contribution in [1.29, 1.82) is 0 Å². The van der Waals surface area contributed by atoms with E-state index in [1.54, 1.807) is 16.2 Å². The summed E-state index contributed by atoms with van der Waals surface area (Å²) < 4.78 is 34.6. The summed E-state index contributed by atoms with van der Waals surface area (Å²) in [6, 6.07) is 6.18. The highest BCUT2D eigenvalue weighted by molar-refractivity contribution is 7.89. The van der Waals surface area contributed by atoms with Crippen LogP contribution in [0.4, 0.5) is 5.95 Å². The molecule has 1 aromatic carbocycles. The zero-order chi connectivity index (χ0) is 30.7. The first-order chi connectivity index (χ1) is 21.3. The molecule has 0 bridgehead atoms. The summed E-state index contributed by atoms with van der Waals surface area (Å²) in [5.41, 5.74) is 4.27. The zero-order valence-corrected chi connectivity index (χ0v) is 26.7. The number of hydrogen-bond donors (Lipinski definition) is 1. The van der Waals surface area contributed by atoms with Gasteiger partial charge in [-0.15, -0.1) is 0 Å². The fraction of sp³-hybridized carbons (Fsp3) is 0.548. The van der Waals surface area contributed by atoms with Crippen LogP contribution in [0, 0.1) is 0 Å². The van der Waals surface area contributed by atoms with Gasteiger partial charge in [0.15, 0.2) is 0 Å². The van der Waals surface area contributed by atoms with Gasteiger partial charge in [-0.1, -0.05) is 36.8 Å². The van der Waals surface area contributed by atoms with Crippen molar-refractivity contribution in [2.45, 2.75) is 64.1 Å². The Morgan fingerprint density at radius 3 is 2.59 bits per heavy atom. The summed E-state index contributed by atoms with van der Waals surface area (Å²) in [6.45, 7) is 5.27. The number of thiazole rings is 1. The number of amides is 1. The van der Waals surface area contributed by atoms with Crippen molar-refractivity contribution in [2.75, 3.05) is 49.9 Å². The number of carbonyl (C=O) groups is 1. The smallest absolute Gasteiger partial charge is 0.274 e. The van der Waals surface area contributed by atoms with Crippen LogP contribution in [0.2, 0.25) is 0 Å². The summed E-state index contributed by atoms with van der Waals surface area (Å²) in [5.74, 6) is 0.639. The van der Waals surface area contributed by atoms with E-state index in [0.29, 0.717) is 37.8 Å². The van der Waals surface area contributed by atoms with E-state index < -0.39 is 16.1 Å². The maximum Gasteiger partial charge on any atom is 0.274 e. The average Bonchev–Trinajstić information content (AvgIpc) is 3.42. The topological polar surface area (TPSA) is 129 Å². The fourth-order valence-electron chi connectivity index (χ4n) is 5.92. The van der Waals surface area contributed by atoms with E-state index in [4.69, 9.17) is 9.72 Å². The molecule has 6 rings (SSSR count). The first kappa shape index (κ1) is 30.9. The number of hydrogen-bond acceptors (Lipinski definition) is 10. The molecular formula is C31H40N6O5S2. The van der Waals surface area contributed by atoms with Crippen LogP contribution in [0.15, 0.2) is 36.7 Å². The lowest BCUT2D eigenvalue weighted by Gasteiger charge is -2.36. The molecule has 5 heterocycles. The monoisotopic (exact) mass is 640 g/mol. The Kier molecular flexibility index (Phi) is 9.45. The van der Waals surface area contributed by atoms with Crippen molar-refractivity contribution in [3.05, 3.63) is 47.8 Å². The van der Waals surface area contributed by atoms with Gasteiger partial charge in [-0.3, -0.25) is 4.79 Å². The first-order valence-electron chi connectivity index (χ1n) is 15.5. The van der Waals surface area contributed by atoms with E-state index in [0.717, 1.165) is 66.1 Å². The standard InChI is InChI=1S/C31H40N6O5S2/c1-2-4-22-18-32-30(33-19-22)35-12-10-26(11-13-35)42-31-34-27-7-6-24(17-28(27)43-31)23-8-14-37(15-9-23)44(40,41)16-3-5-29(39)36-20-25(38)21-36/h6-8,17-19,25-26,38H,2-5,9-16,20-21H2,1H3. The lowest BCUT2D eigenvalue weighted by molar-refractivity contribution is -0.141. The molecule has 2 fully saturated rings. The van der Waals surface area contributed by atoms with Crippen molar-refractivity contribution in [2.24, 2.45) is 0 Å². The predicted molar refractivity (Wildman–Crippen MR) is 171 cm³/mol. The number of rotatable bonds is 11. The van der Waals surface area contributed by atoms with Gasteiger partial charge < -0.3 is 19.6 Å². The maximum atomic E-state index is 12.9. The maximum absolute atomic E-state index is 12.9. The summed E-state index contributed by atoms with van der Waals surface area (Å²) in [7, 11) is -3.44. The molecule has 3 aromatic rings. The fourth-order valence-corrected chi connectivity index (χ4v) is 8.28. The van der Waals surface area contributed by atoms with Gasteiger partial charge in [-0.2, -0.15) is 4.31 Å². The number of benzene rings is 1. The van der Waals surface area contributed by atoms with Gasteiger partial charge in [0.2, 0.25) is 21.9 Å². The second-order valence-corrected chi connectivity index (χ2v) is 14.9. The first-order valence-corrected chi connectivity index (χ1v) is 18.0. The van der Waals surface area contributed by atoms with Gasteiger partial charge in [0, 0.05) is 70.9 Å². The van der Waals surface area contributed by atoms with E-state index in [2.05, 4.69) is 27.9 Å². The summed E-state index contributed by atoms with van der Waals surface area (Å²) in [4.78, 5) is 29.7. The predicted octanol–water partition coefficient (Wildman–Crippen LogP) is 3.49. The van der Waals surface area contributed by atoms with Crippen LogP contribution in [0.5, 0.6) is 5.19 Å². The molecule has 3 aliphatic rings. The molecule has 11 nitrogen and oxygen atoms in total. The molecule has 1 amide bonds. The van der Waals surface area contributed by atoms with Crippen LogP contribution in [0.25, 0.3) is 15.8 Å². The van der Waals surface area contributed by atoms with Crippen molar-refractivity contribution < 1.29 is 23.1 Å². The van der Waals surface area contributed by atoms with E-state index in [9.17, 15) is 18.3 Å². The van der Waals surface area contributed by atoms with Crippen LogP contribution in [-0.2, 0) is 21.2 Å². The lowest BCUT2D eigenvalue weighted by Crippen LogP contribution is -2.53. The van der Waals surface area contributed by atoms with Gasteiger partial charge in [-0.25, -0.2) is 23.4 Å². The summed E-state index contributed by atoms with van der Waals surface area (Å²) in [5, 5.41) is 10.0. The Hall–Kier alpha value is -3.13. The van der Waals surface area contributed by atoms with Crippen LogP contribution >= 0.6 is 11.3 Å². The molecule has 2 aromatic heterocycles. The van der Waals surface area contributed by atoms with E-state index in [1.165, 1.54) is 9.87 Å². The number of likely N-dealkylation sites (tertiary alicyclic amines) is 1. The minimum atomic E-state index is -3.44. The molecular weight excluding hydrogens is 601 g/mol. The number of ether oxygens (including phenoxy) is 1. The molecule has 0 spiro atoms. The Morgan fingerprint density at radius 2 is 1.91 bits per heavy atom. The third-order valence-corrected chi connectivity index (χ3v) is 11.4. The molecule has 3 aliphatic heterocycles. The van der Waals surface area contributed by atoms with Gasteiger partial charge in [0.1, 0.15) is 6.10 Å². The molecule has 0 radical (unpaired) electrons. The average molecular weight is 641 g/mol. The number of β-amino-alcohol motifs (C(OH)–C–C–N with tert-alkyl or cyclic N) is 1. The molecule has 236 valence electrons. The number of fused-ring (bicyclic) bond motifs is 1. The van der Waals surface area contributed by atoms with Crippen LogP contribution in [-0.4, -0.2) is 101 Å². The molecule has 13 heteroatoms. The summed E-state index contributed by atoms with van der Waals surface area (Å²) >= 11 is 1.55. The second-order valence-electron chi connectivity index (χ2n) is 11.8. The van der Waals surface area contributed by atoms with Gasteiger partial charge in [0.25, 0.3) is 5.19 Å². The van der Waals surface area contributed by atoms with Crippen molar-refractivity contribution in [3.8, 4) is 5.19 Å². The molecule has 0 unspecified atom stereocenters. The second kappa shape index (κ2) is 13.5. The highest BCUT2D eigenvalue weighted by Gasteiger charge is 2.30. The Labute approximate surface area is 262 Å². The molecule has 2 saturated heterocycles.